The lowest BCUT2D eigenvalue weighted by molar-refractivity contribution is -0.317. The zero-order valence-electron chi connectivity index (χ0n) is 23.7. The van der Waals surface area contributed by atoms with Crippen molar-refractivity contribution < 1.29 is 46.3 Å². The number of ether oxygens (including phenoxy) is 3. The summed E-state index contributed by atoms with van der Waals surface area (Å²) in [6.07, 6.45) is -0.612. The zero-order valence-corrected chi connectivity index (χ0v) is 23.7. The highest BCUT2D eigenvalue weighted by atomic mass is 19.4. The molecule has 3 unspecified atom stereocenters. The van der Waals surface area contributed by atoms with E-state index in [2.05, 4.69) is 10.5 Å². The molecule has 13 heteroatoms. The third-order valence-electron chi connectivity index (χ3n) is 6.93. The van der Waals surface area contributed by atoms with Gasteiger partial charge in [0.1, 0.15) is 12.0 Å². The Morgan fingerprint density at radius 3 is 2.42 bits per heavy atom. The van der Waals surface area contributed by atoms with Crippen LogP contribution in [0.4, 0.5) is 18.0 Å². The zero-order chi connectivity index (χ0) is 30.2. The first-order chi connectivity index (χ1) is 20.8. The number of halogens is 3. The monoisotopic (exact) mass is 605 g/mol. The van der Waals surface area contributed by atoms with Gasteiger partial charge in [-0.2, -0.15) is 18.2 Å². The fourth-order valence-electron chi connectivity index (χ4n) is 4.69. The van der Waals surface area contributed by atoms with Gasteiger partial charge in [-0.1, -0.05) is 29.8 Å². The maximum Gasteiger partial charge on any atom is 0.416 e. The van der Waals surface area contributed by atoms with Crippen molar-refractivity contribution in [1.29, 1.82) is 0 Å². The number of carbonyl (C=O) groups excluding carboxylic acids is 1. The molecule has 5 rings (SSSR count). The second-order valence-corrected chi connectivity index (χ2v) is 10.3. The normalized spacial score (nSPS) is 20.0. The number of nitrogens with zero attached hydrogens (tertiary/aromatic N) is 2. The molecule has 0 radical (unpaired) electrons. The number of aryl methyl sites for hydroxylation is 1. The summed E-state index contributed by atoms with van der Waals surface area (Å²) in [4.78, 5) is 29.5. The Labute approximate surface area is 246 Å². The maximum atomic E-state index is 13.5. The number of hydrogen-bond acceptors (Lipinski definition) is 8. The Morgan fingerprint density at radius 2 is 1.77 bits per heavy atom. The van der Waals surface area contributed by atoms with Gasteiger partial charge < -0.3 is 18.6 Å². The summed E-state index contributed by atoms with van der Waals surface area (Å²) in [5.74, 6) is 0.127. The summed E-state index contributed by atoms with van der Waals surface area (Å²) in [5.41, 5.74) is 3.93. The van der Waals surface area contributed by atoms with E-state index in [1.165, 1.54) is 18.4 Å². The summed E-state index contributed by atoms with van der Waals surface area (Å²) >= 11 is 0. The van der Waals surface area contributed by atoms with Crippen LogP contribution in [-0.4, -0.2) is 41.9 Å². The summed E-state index contributed by atoms with van der Waals surface area (Å²) in [7, 11) is 0. The van der Waals surface area contributed by atoms with E-state index >= 15 is 0 Å². The number of aromatic nitrogens is 1. The molecule has 0 bridgehead atoms. The van der Waals surface area contributed by atoms with Crippen molar-refractivity contribution in [3.05, 3.63) is 77.2 Å². The number of hydroxylamine groups is 3. The molecule has 1 aromatic heterocycles. The highest BCUT2D eigenvalue weighted by Crippen LogP contribution is 2.32. The Bertz CT molecular complexity index is 1320. The molecule has 2 aliphatic heterocycles. The molecular weight excluding hydrogens is 571 g/mol. The van der Waals surface area contributed by atoms with E-state index in [9.17, 15) is 18.0 Å². The lowest BCUT2D eigenvalue weighted by atomic mass is 10.1. The van der Waals surface area contributed by atoms with Crippen molar-refractivity contribution in [2.75, 3.05) is 13.2 Å². The number of nitrogens with one attached hydrogen (secondary N) is 1. The van der Waals surface area contributed by atoms with E-state index in [0.29, 0.717) is 42.9 Å². The maximum absolute atomic E-state index is 13.5. The molecule has 3 heterocycles. The van der Waals surface area contributed by atoms with Crippen molar-refractivity contribution in [2.24, 2.45) is 0 Å². The predicted molar refractivity (Wildman–Crippen MR) is 145 cm³/mol. The van der Waals surface area contributed by atoms with Crippen LogP contribution in [0.25, 0.3) is 11.5 Å². The van der Waals surface area contributed by atoms with E-state index in [0.717, 1.165) is 48.4 Å². The minimum absolute atomic E-state index is 0.117. The van der Waals surface area contributed by atoms with Crippen LogP contribution >= 0.6 is 0 Å². The number of carbonyl (C=O) groups is 1. The van der Waals surface area contributed by atoms with Crippen LogP contribution in [0.15, 0.2) is 59.2 Å². The number of urea groups is 1. The minimum Gasteiger partial charge on any atom is -0.444 e. The van der Waals surface area contributed by atoms with Gasteiger partial charge in [0.25, 0.3) is 0 Å². The lowest BCUT2D eigenvalue weighted by Gasteiger charge is -2.34. The van der Waals surface area contributed by atoms with Crippen molar-refractivity contribution in [3.63, 3.8) is 0 Å². The molecule has 2 aliphatic rings. The smallest absolute Gasteiger partial charge is 0.416 e. The Balaban J connectivity index is 1.35. The van der Waals surface area contributed by atoms with Gasteiger partial charge >= 0.3 is 12.2 Å². The number of oxazole rings is 1. The minimum atomic E-state index is -4.45. The number of hydrogen-bond donors (Lipinski definition) is 1. The number of rotatable bonds is 10. The standard InChI is InChI=1S/C30H34F3N3O7/c1-20-7-6-8-22(17-20)28(41-19-24-18-40-27(34-24)21-11-13-23(14-12-21)30(31,32)33)36(43-26-10-3-5-16-39-26)29(37)35-42-25-9-2-4-15-38-25/h6-8,11-14,17-18,25-26,28H,2-5,9-10,15-16,19H2,1H3,(H,35,37). The van der Waals surface area contributed by atoms with Crippen LogP contribution in [0, 0.1) is 6.92 Å². The van der Waals surface area contributed by atoms with Gasteiger partial charge in [-0.3, -0.25) is 0 Å². The second-order valence-electron chi connectivity index (χ2n) is 10.3. The van der Waals surface area contributed by atoms with Crippen LogP contribution in [0.3, 0.4) is 0 Å². The number of amides is 2. The van der Waals surface area contributed by atoms with Gasteiger partial charge in [0, 0.05) is 37.2 Å². The van der Waals surface area contributed by atoms with Crippen molar-refractivity contribution in [3.8, 4) is 11.5 Å². The van der Waals surface area contributed by atoms with Crippen LogP contribution in [0.5, 0.6) is 0 Å². The van der Waals surface area contributed by atoms with Gasteiger partial charge in [0.2, 0.25) is 5.89 Å². The first-order valence-electron chi connectivity index (χ1n) is 14.2. The molecule has 3 aromatic rings. The fraction of sp³-hybridized carbons (Fsp3) is 0.467. The molecule has 0 spiro atoms. The fourth-order valence-corrected chi connectivity index (χ4v) is 4.69. The molecule has 0 saturated carbocycles. The molecular formula is C30H34F3N3O7. The Kier molecular flexibility index (Phi) is 10.3. The molecule has 2 saturated heterocycles. The number of benzene rings is 2. The topological polar surface area (TPSA) is 105 Å². The van der Waals surface area contributed by atoms with Crippen molar-refractivity contribution >= 4 is 6.03 Å². The summed E-state index contributed by atoms with van der Waals surface area (Å²) < 4.78 is 61.9. The first kappa shape index (κ1) is 31.0. The number of alkyl halides is 3. The molecule has 3 atom stereocenters. The summed E-state index contributed by atoms with van der Waals surface area (Å²) in [6, 6.07) is 11.2. The quantitative estimate of drug-likeness (QED) is 0.199. The molecule has 0 aliphatic carbocycles. The molecule has 1 N–H and O–H groups in total. The van der Waals surface area contributed by atoms with Gasteiger partial charge in [0.15, 0.2) is 18.8 Å². The molecule has 2 fully saturated rings. The van der Waals surface area contributed by atoms with Crippen LogP contribution in [0.2, 0.25) is 0 Å². The largest absolute Gasteiger partial charge is 0.444 e. The van der Waals surface area contributed by atoms with E-state index in [1.807, 2.05) is 25.1 Å². The summed E-state index contributed by atoms with van der Waals surface area (Å²) in [5, 5.41) is 1.05. The molecule has 232 valence electrons. The van der Waals surface area contributed by atoms with E-state index in [4.69, 9.17) is 28.3 Å². The van der Waals surface area contributed by atoms with Gasteiger partial charge in [-0.15, -0.1) is 0 Å². The van der Waals surface area contributed by atoms with E-state index in [-0.39, 0.29) is 12.5 Å². The molecule has 43 heavy (non-hydrogen) atoms. The Hall–Kier alpha value is -3.49. The highest BCUT2D eigenvalue weighted by Gasteiger charge is 2.33. The highest BCUT2D eigenvalue weighted by molar-refractivity contribution is 5.72. The SMILES string of the molecule is Cc1cccc(C(OCc2coc(-c3ccc(C(F)(F)F)cc3)n2)N(OC2CCCCO2)C(=O)NOC2CCCCO2)c1. The molecule has 10 nitrogen and oxygen atoms in total. The molecule has 2 amide bonds. The van der Waals surface area contributed by atoms with Gasteiger partial charge in [-0.05, 0) is 56.9 Å². The van der Waals surface area contributed by atoms with E-state index in [1.54, 1.807) is 6.07 Å². The first-order valence-corrected chi connectivity index (χ1v) is 14.2. The summed E-state index contributed by atoms with van der Waals surface area (Å²) in [6.45, 7) is 2.83. The van der Waals surface area contributed by atoms with Crippen LogP contribution in [-0.2, 0) is 36.7 Å². The van der Waals surface area contributed by atoms with E-state index < -0.39 is 36.6 Å². The third kappa shape index (κ3) is 8.54. The van der Waals surface area contributed by atoms with Crippen molar-refractivity contribution in [1.82, 2.24) is 15.5 Å². The van der Waals surface area contributed by atoms with Crippen LogP contribution in [0.1, 0.15) is 67.1 Å². The third-order valence-corrected chi connectivity index (χ3v) is 6.93. The predicted octanol–water partition coefficient (Wildman–Crippen LogP) is 6.81. The van der Waals surface area contributed by atoms with Gasteiger partial charge in [0.05, 0.1) is 12.2 Å². The molecule has 2 aromatic carbocycles. The Morgan fingerprint density at radius 1 is 1.05 bits per heavy atom. The van der Waals surface area contributed by atoms with Crippen LogP contribution < -0.4 is 5.48 Å². The van der Waals surface area contributed by atoms with Crippen molar-refractivity contribution in [2.45, 2.75) is 77.0 Å². The average Bonchev–Trinajstić information content (AvgIpc) is 3.49. The lowest BCUT2D eigenvalue weighted by Crippen LogP contribution is -2.47. The average molecular weight is 606 g/mol. The second kappa shape index (κ2) is 14.3. The van der Waals surface area contributed by atoms with Gasteiger partial charge in [-0.25, -0.2) is 24.9 Å².